The van der Waals surface area contributed by atoms with Crippen LogP contribution < -0.4 is 0 Å². The van der Waals surface area contributed by atoms with Gasteiger partial charge in [0.2, 0.25) is 0 Å². The molecule has 0 aromatic carbocycles. The van der Waals surface area contributed by atoms with Crippen LogP contribution in [0.25, 0.3) is 0 Å². The lowest BCUT2D eigenvalue weighted by Gasteiger charge is -1.90. The Morgan fingerprint density at radius 1 is 1.70 bits per heavy atom. The molecule has 3 nitrogen and oxygen atoms in total. The molecule has 0 aliphatic rings. The first kappa shape index (κ1) is 7.08. The van der Waals surface area contributed by atoms with E-state index in [1.165, 1.54) is 18.6 Å². The summed E-state index contributed by atoms with van der Waals surface area (Å²) in [5, 5.41) is 11.9. The molecule has 0 bridgehead atoms. The fraction of sp³-hybridized carbons (Fsp3) is 0.167. The molecule has 1 radical (unpaired) electrons. The van der Waals surface area contributed by atoms with E-state index in [1.807, 2.05) is 0 Å². The molecular weight excluding hydrogens is 152 g/mol. The normalized spacial score (nSPS) is 9.30. The average Bonchev–Trinajstić information content (AvgIpc) is 2.34. The summed E-state index contributed by atoms with van der Waals surface area (Å²) in [7, 11) is 1.28. The minimum atomic E-state index is -0.452. The maximum Gasteiger partial charge on any atom is 0.348 e. The monoisotopic (exact) mass is 157 g/mol. The highest BCUT2D eigenvalue weighted by Crippen LogP contribution is 2.20. The Kier molecular flexibility index (Phi) is 1.91. The van der Waals surface area contributed by atoms with E-state index in [2.05, 4.69) is 4.74 Å². The van der Waals surface area contributed by atoms with Gasteiger partial charge in [0.05, 0.1) is 7.11 Å². The second-order valence-electron chi connectivity index (χ2n) is 1.64. The summed E-state index contributed by atoms with van der Waals surface area (Å²) in [6.07, 6.45) is 0. The van der Waals surface area contributed by atoms with Crippen molar-refractivity contribution in [2.45, 2.75) is 0 Å². The largest absolute Gasteiger partial charge is 0.465 e. The first-order chi connectivity index (χ1) is 4.74. The summed E-state index contributed by atoms with van der Waals surface area (Å²) < 4.78 is 4.38. The van der Waals surface area contributed by atoms with E-state index < -0.39 is 5.97 Å². The smallest absolute Gasteiger partial charge is 0.348 e. The molecule has 0 fully saturated rings. The molecule has 0 saturated carbocycles. The molecule has 0 unspecified atom stereocenters. The number of hydrogen-bond acceptors (Lipinski definition) is 3. The number of esters is 1. The second-order valence-corrected chi connectivity index (χ2v) is 2.55. The van der Waals surface area contributed by atoms with Gasteiger partial charge < -0.3 is 4.74 Å². The summed E-state index contributed by atoms with van der Waals surface area (Å²) in [5.41, 5.74) is 0. The first-order valence-corrected chi connectivity index (χ1v) is 3.46. The Hall–Kier alpha value is -1.03. The van der Waals surface area contributed by atoms with E-state index in [0.29, 0.717) is 4.88 Å². The summed E-state index contributed by atoms with van der Waals surface area (Å²) in [4.78, 5) is 11.0. The van der Waals surface area contributed by atoms with Crippen LogP contribution in [0.2, 0.25) is 0 Å². The standard InChI is InChI=1S/C6H5O3S/c1-9-6(8)5-2-4(7)3-10-5/h2-3H,1H3. The van der Waals surface area contributed by atoms with Crippen LogP contribution >= 0.6 is 11.3 Å². The minimum Gasteiger partial charge on any atom is -0.465 e. The van der Waals surface area contributed by atoms with Gasteiger partial charge in [0.25, 0.3) is 0 Å². The number of hydrogen-bond donors (Lipinski definition) is 0. The van der Waals surface area contributed by atoms with Crippen LogP contribution in [0.5, 0.6) is 5.75 Å². The summed E-state index contributed by atoms with van der Waals surface area (Å²) in [6.45, 7) is 0. The van der Waals surface area contributed by atoms with Crippen molar-refractivity contribution in [3.05, 3.63) is 16.3 Å². The Balaban J connectivity index is 2.85. The molecule has 0 spiro atoms. The van der Waals surface area contributed by atoms with Crippen LogP contribution in [-0.2, 0) is 9.84 Å². The van der Waals surface area contributed by atoms with Crippen molar-refractivity contribution in [3.63, 3.8) is 0 Å². The molecule has 1 aromatic heterocycles. The van der Waals surface area contributed by atoms with Gasteiger partial charge in [-0.15, -0.1) is 11.3 Å². The van der Waals surface area contributed by atoms with E-state index in [-0.39, 0.29) is 5.75 Å². The Morgan fingerprint density at radius 2 is 2.40 bits per heavy atom. The van der Waals surface area contributed by atoms with E-state index in [1.54, 1.807) is 0 Å². The van der Waals surface area contributed by atoms with Gasteiger partial charge in [-0.2, -0.15) is 0 Å². The third-order valence-electron chi connectivity index (χ3n) is 0.962. The molecule has 1 heterocycles. The van der Waals surface area contributed by atoms with Gasteiger partial charge in [0.1, 0.15) is 4.88 Å². The molecule has 0 saturated heterocycles. The zero-order valence-corrected chi connectivity index (χ0v) is 6.10. The van der Waals surface area contributed by atoms with Crippen LogP contribution in [-0.4, -0.2) is 13.1 Å². The van der Waals surface area contributed by atoms with Crippen LogP contribution in [0.4, 0.5) is 0 Å². The topological polar surface area (TPSA) is 46.2 Å². The van der Waals surface area contributed by atoms with Crippen LogP contribution in [0, 0.1) is 0 Å². The van der Waals surface area contributed by atoms with Gasteiger partial charge in [-0.25, -0.2) is 4.79 Å². The predicted octanol–water partition coefficient (Wildman–Crippen LogP) is 1.68. The first-order valence-electron chi connectivity index (χ1n) is 2.58. The van der Waals surface area contributed by atoms with Gasteiger partial charge in [-0.3, -0.25) is 5.11 Å². The Morgan fingerprint density at radius 3 is 2.80 bits per heavy atom. The number of carbonyl (C=O) groups is 1. The highest BCUT2D eigenvalue weighted by Gasteiger charge is 2.08. The summed E-state index contributed by atoms with van der Waals surface area (Å²) in [6, 6.07) is 1.26. The number of thiophene rings is 1. The van der Waals surface area contributed by atoms with Crippen molar-refractivity contribution in [3.8, 4) is 5.75 Å². The third kappa shape index (κ3) is 1.27. The van der Waals surface area contributed by atoms with E-state index in [0.717, 1.165) is 11.3 Å². The lowest BCUT2D eigenvalue weighted by atomic mass is 10.4. The lowest BCUT2D eigenvalue weighted by Crippen LogP contribution is -1.96. The van der Waals surface area contributed by atoms with Gasteiger partial charge in [-0.1, -0.05) is 0 Å². The quantitative estimate of drug-likeness (QED) is 0.582. The van der Waals surface area contributed by atoms with Crippen molar-refractivity contribution >= 4 is 17.3 Å². The molecule has 0 N–H and O–H groups in total. The number of rotatable bonds is 1. The molecular formula is C6H5O3S. The second kappa shape index (κ2) is 2.70. The summed E-state index contributed by atoms with van der Waals surface area (Å²) >= 11 is 1.10. The minimum absolute atomic E-state index is 0.148. The van der Waals surface area contributed by atoms with E-state index >= 15 is 0 Å². The molecule has 0 aliphatic carbocycles. The van der Waals surface area contributed by atoms with Gasteiger partial charge in [0.15, 0.2) is 5.75 Å². The Labute approximate surface area is 61.9 Å². The maximum absolute atomic E-state index is 10.7. The van der Waals surface area contributed by atoms with Crippen molar-refractivity contribution < 1.29 is 14.6 Å². The maximum atomic E-state index is 10.7. The SMILES string of the molecule is COC(=O)c1cc([O])cs1. The molecule has 0 amide bonds. The molecule has 4 heteroatoms. The molecule has 0 atom stereocenters. The van der Waals surface area contributed by atoms with Crippen LogP contribution in [0.15, 0.2) is 11.4 Å². The lowest BCUT2D eigenvalue weighted by molar-refractivity contribution is 0.0606. The Bertz CT molecular complexity index is 241. The van der Waals surface area contributed by atoms with E-state index in [4.69, 9.17) is 0 Å². The molecule has 0 aliphatic heterocycles. The number of ether oxygens (including phenoxy) is 1. The number of carbonyl (C=O) groups excluding carboxylic acids is 1. The van der Waals surface area contributed by atoms with Crippen molar-refractivity contribution in [2.24, 2.45) is 0 Å². The molecule has 10 heavy (non-hydrogen) atoms. The van der Waals surface area contributed by atoms with Crippen LogP contribution in [0.3, 0.4) is 0 Å². The van der Waals surface area contributed by atoms with Gasteiger partial charge >= 0.3 is 5.97 Å². The third-order valence-corrected chi connectivity index (χ3v) is 1.85. The zero-order chi connectivity index (χ0) is 7.56. The fourth-order valence-corrected chi connectivity index (χ4v) is 1.20. The highest BCUT2D eigenvalue weighted by molar-refractivity contribution is 7.12. The van der Waals surface area contributed by atoms with Crippen molar-refractivity contribution in [2.75, 3.05) is 7.11 Å². The molecule has 1 rings (SSSR count). The molecule has 53 valence electrons. The summed E-state index contributed by atoms with van der Waals surface area (Å²) in [5.74, 6) is -0.600. The fourth-order valence-electron chi connectivity index (χ4n) is 0.526. The van der Waals surface area contributed by atoms with Gasteiger partial charge in [0, 0.05) is 11.4 Å². The average molecular weight is 157 g/mol. The highest BCUT2D eigenvalue weighted by atomic mass is 32.1. The van der Waals surface area contributed by atoms with Crippen molar-refractivity contribution in [1.29, 1.82) is 0 Å². The van der Waals surface area contributed by atoms with Crippen molar-refractivity contribution in [1.82, 2.24) is 0 Å². The number of methoxy groups -OCH3 is 1. The zero-order valence-electron chi connectivity index (χ0n) is 5.29. The van der Waals surface area contributed by atoms with E-state index in [9.17, 15) is 9.90 Å². The van der Waals surface area contributed by atoms with Crippen LogP contribution in [0.1, 0.15) is 9.67 Å². The predicted molar refractivity (Wildman–Crippen MR) is 35.8 cm³/mol. The van der Waals surface area contributed by atoms with Gasteiger partial charge in [-0.05, 0) is 0 Å². The molecule has 1 aromatic rings.